The lowest BCUT2D eigenvalue weighted by Gasteiger charge is -2.18. The molecule has 0 aliphatic carbocycles. The fraction of sp³-hybridized carbons (Fsp3) is 0.312. The second kappa shape index (κ2) is 7.47. The molecule has 2 rings (SSSR count). The number of esters is 1. The van der Waals surface area contributed by atoms with Gasteiger partial charge in [0.1, 0.15) is 6.04 Å². The molecule has 1 aromatic rings. The second-order valence-electron chi connectivity index (χ2n) is 5.02. The Morgan fingerprint density at radius 3 is 2.24 bits per heavy atom. The molecule has 1 heterocycles. The van der Waals surface area contributed by atoms with E-state index in [0.29, 0.717) is 17.3 Å². The first-order valence-corrected chi connectivity index (χ1v) is 7.95. The third-order valence-electron chi connectivity index (χ3n) is 3.55. The Bertz CT molecular complexity index is 734. The number of amides is 2. The van der Waals surface area contributed by atoms with Crippen molar-refractivity contribution in [2.24, 2.45) is 0 Å². The van der Waals surface area contributed by atoms with Gasteiger partial charge in [-0.1, -0.05) is 0 Å². The zero-order valence-electron chi connectivity index (χ0n) is 14.1. The summed E-state index contributed by atoms with van der Waals surface area (Å²) in [6.07, 6.45) is 1.46. The van der Waals surface area contributed by atoms with Crippen LogP contribution < -0.4 is 9.47 Å². The van der Waals surface area contributed by atoms with Crippen molar-refractivity contribution in [2.45, 2.75) is 13.0 Å². The molecule has 0 aromatic heterocycles. The van der Waals surface area contributed by atoms with Crippen LogP contribution in [0.25, 0.3) is 6.08 Å². The van der Waals surface area contributed by atoms with Gasteiger partial charge in [0, 0.05) is 0 Å². The third kappa shape index (κ3) is 3.55. The van der Waals surface area contributed by atoms with Gasteiger partial charge in [0.25, 0.3) is 11.1 Å². The maximum atomic E-state index is 12.5. The van der Waals surface area contributed by atoms with E-state index in [1.54, 1.807) is 0 Å². The molecule has 134 valence electrons. The largest absolute Gasteiger partial charge is 0.502 e. The molecule has 1 aliphatic heterocycles. The van der Waals surface area contributed by atoms with Crippen LogP contribution in [0, 0.1) is 0 Å². The molecule has 1 aromatic carbocycles. The number of aromatic hydroxyl groups is 1. The monoisotopic (exact) mass is 367 g/mol. The zero-order chi connectivity index (χ0) is 18.7. The van der Waals surface area contributed by atoms with Crippen molar-refractivity contribution in [1.82, 2.24) is 4.90 Å². The number of methoxy groups -OCH3 is 3. The van der Waals surface area contributed by atoms with Crippen LogP contribution in [0.1, 0.15) is 12.5 Å². The fourth-order valence-corrected chi connectivity index (χ4v) is 3.15. The number of imide groups is 1. The number of carbonyl (C=O) groups excluding carboxylic acids is 3. The summed E-state index contributed by atoms with van der Waals surface area (Å²) in [6.45, 7) is 1.41. The SMILES string of the molecule is COC(=O)C(C)N1C(=O)S/C(=C/c2cc(OC)c(O)c(OC)c2)C1=O. The number of ether oxygens (including phenoxy) is 3. The van der Waals surface area contributed by atoms with E-state index in [9.17, 15) is 19.5 Å². The third-order valence-corrected chi connectivity index (χ3v) is 4.44. The quantitative estimate of drug-likeness (QED) is 0.623. The van der Waals surface area contributed by atoms with Crippen molar-refractivity contribution in [3.05, 3.63) is 22.6 Å². The van der Waals surface area contributed by atoms with Crippen LogP contribution in [0.15, 0.2) is 17.0 Å². The summed E-state index contributed by atoms with van der Waals surface area (Å²) in [5.74, 6) is -1.13. The van der Waals surface area contributed by atoms with E-state index < -0.39 is 23.2 Å². The lowest BCUT2D eigenvalue weighted by Crippen LogP contribution is -2.42. The van der Waals surface area contributed by atoms with E-state index in [-0.39, 0.29) is 22.2 Å². The summed E-state index contributed by atoms with van der Waals surface area (Å²) < 4.78 is 14.7. The zero-order valence-corrected chi connectivity index (χ0v) is 14.9. The van der Waals surface area contributed by atoms with Crippen molar-refractivity contribution >= 4 is 35.0 Å². The first kappa shape index (κ1) is 18.7. The predicted molar refractivity (Wildman–Crippen MR) is 90.5 cm³/mol. The van der Waals surface area contributed by atoms with Crippen LogP contribution in [-0.4, -0.2) is 54.5 Å². The number of nitrogens with zero attached hydrogens (tertiary/aromatic N) is 1. The molecule has 1 fully saturated rings. The summed E-state index contributed by atoms with van der Waals surface area (Å²) in [5.41, 5.74) is 0.489. The number of benzene rings is 1. The molecule has 1 aliphatic rings. The average Bonchev–Trinajstić information content (AvgIpc) is 2.88. The smallest absolute Gasteiger partial charge is 0.328 e. The molecular weight excluding hydrogens is 350 g/mol. The normalized spacial score (nSPS) is 17.0. The minimum absolute atomic E-state index is 0.135. The standard InChI is InChI=1S/C16H17NO7S/c1-8(15(20)24-4)17-14(19)12(25-16(17)21)7-9-5-10(22-2)13(18)11(6-9)23-3/h5-8,18H,1-4H3/b12-7+. The number of phenols is 1. The lowest BCUT2D eigenvalue weighted by molar-refractivity contribution is -0.148. The van der Waals surface area contributed by atoms with Crippen molar-refractivity contribution in [3.63, 3.8) is 0 Å². The molecule has 9 heteroatoms. The Balaban J connectivity index is 2.38. The summed E-state index contributed by atoms with van der Waals surface area (Å²) in [6, 6.07) is 1.97. The van der Waals surface area contributed by atoms with Gasteiger partial charge in [-0.05, 0) is 42.5 Å². The lowest BCUT2D eigenvalue weighted by atomic mass is 10.1. The first-order valence-electron chi connectivity index (χ1n) is 7.13. The van der Waals surface area contributed by atoms with Crippen LogP contribution in [-0.2, 0) is 14.3 Å². The highest BCUT2D eigenvalue weighted by Gasteiger charge is 2.41. The predicted octanol–water partition coefficient (Wildman–Crippen LogP) is 2.01. The number of phenolic OH excluding ortho intramolecular Hbond substituents is 1. The Morgan fingerprint density at radius 2 is 1.76 bits per heavy atom. The highest BCUT2D eigenvalue weighted by molar-refractivity contribution is 8.18. The number of hydrogen-bond acceptors (Lipinski definition) is 8. The summed E-state index contributed by atoms with van der Waals surface area (Å²) in [4.78, 5) is 37.1. The van der Waals surface area contributed by atoms with E-state index in [1.165, 1.54) is 46.5 Å². The number of hydrogen-bond donors (Lipinski definition) is 1. The molecule has 8 nitrogen and oxygen atoms in total. The van der Waals surface area contributed by atoms with Crippen LogP contribution >= 0.6 is 11.8 Å². The second-order valence-corrected chi connectivity index (χ2v) is 6.02. The van der Waals surface area contributed by atoms with E-state index >= 15 is 0 Å². The van der Waals surface area contributed by atoms with Gasteiger partial charge in [0.2, 0.25) is 5.75 Å². The molecule has 0 saturated carbocycles. The number of rotatable bonds is 5. The maximum absolute atomic E-state index is 12.5. The number of thioether (sulfide) groups is 1. The number of carbonyl (C=O) groups is 3. The Morgan fingerprint density at radius 1 is 1.20 bits per heavy atom. The Hall–Kier alpha value is -2.68. The van der Waals surface area contributed by atoms with Crippen LogP contribution in [0.3, 0.4) is 0 Å². The van der Waals surface area contributed by atoms with Gasteiger partial charge in [-0.15, -0.1) is 0 Å². The highest BCUT2D eigenvalue weighted by Crippen LogP contribution is 2.39. The molecule has 2 amide bonds. The first-order chi connectivity index (χ1) is 11.8. The molecule has 1 N–H and O–H groups in total. The van der Waals surface area contributed by atoms with Gasteiger partial charge >= 0.3 is 5.97 Å². The summed E-state index contributed by atoms with van der Waals surface area (Å²) in [5, 5.41) is 9.35. The fourth-order valence-electron chi connectivity index (χ4n) is 2.24. The van der Waals surface area contributed by atoms with E-state index in [4.69, 9.17) is 9.47 Å². The minimum Gasteiger partial charge on any atom is -0.502 e. The highest BCUT2D eigenvalue weighted by atomic mass is 32.2. The Kier molecular flexibility index (Phi) is 5.58. The molecule has 0 radical (unpaired) electrons. The van der Waals surface area contributed by atoms with Gasteiger partial charge in [-0.2, -0.15) is 0 Å². The molecule has 25 heavy (non-hydrogen) atoms. The molecule has 1 atom stereocenters. The van der Waals surface area contributed by atoms with Crippen LogP contribution in [0.5, 0.6) is 17.2 Å². The van der Waals surface area contributed by atoms with Crippen LogP contribution in [0.2, 0.25) is 0 Å². The maximum Gasteiger partial charge on any atom is 0.328 e. The topological polar surface area (TPSA) is 102 Å². The Labute approximate surface area is 148 Å². The molecule has 1 unspecified atom stereocenters. The van der Waals surface area contributed by atoms with E-state index in [0.717, 1.165) is 4.90 Å². The van der Waals surface area contributed by atoms with Gasteiger partial charge in [0.05, 0.1) is 26.2 Å². The molecule has 0 spiro atoms. The van der Waals surface area contributed by atoms with Crippen molar-refractivity contribution in [1.29, 1.82) is 0 Å². The molecule has 1 saturated heterocycles. The van der Waals surface area contributed by atoms with Gasteiger partial charge < -0.3 is 19.3 Å². The van der Waals surface area contributed by atoms with Gasteiger partial charge in [0.15, 0.2) is 11.5 Å². The summed E-state index contributed by atoms with van der Waals surface area (Å²) >= 11 is 0.711. The van der Waals surface area contributed by atoms with Crippen LogP contribution in [0.4, 0.5) is 4.79 Å². The average molecular weight is 367 g/mol. The van der Waals surface area contributed by atoms with Gasteiger partial charge in [-0.25, -0.2) is 4.79 Å². The van der Waals surface area contributed by atoms with Gasteiger partial charge in [-0.3, -0.25) is 14.5 Å². The molecule has 0 bridgehead atoms. The van der Waals surface area contributed by atoms with Crippen molar-refractivity contribution in [3.8, 4) is 17.2 Å². The summed E-state index contributed by atoms with van der Waals surface area (Å²) in [7, 11) is 3.94. The van der Waals surface area contributed by atoms with E-state index in [1.807, 2.05) is 0 Å². The van der Waals surface area contributed by atoms with Crippen molar-refractivity contribution in [2.75, 3.05) is 21.3 Å². The van der Waals surface area contributed by atoms with Crippen molar-refractivity contribution < 1.29 is 33.7 Å². The van der Waals surface area contributed by atoms with E-state index in [2.05, 4.69) is 4.74 Å². The molecular formula is C16H17NO7S. The minimum atomic E-state index is -1.02.